The van der Waals surface area contributed by atoms with Crippen molar-refractivity contribution in [3.05, 3.63) is 29.7 Å². The highest BCUT2D eigenvalue weighted by atomic mass is 15.1. The van der Waals surface area contributed by atoms with E-state index in [2.05, 4.69) is 44.0 Å². The molecule has 4 nitrogen and oxygen atoms in total. The molecule has 0 saturated carbocycles. The zero-order valence-corrected chi connectivity index (χ0v) is 14.0. The van der Waals surface area contributed by atoms with E-state index < -0.39 is 0 Å². The van der Waals surface area contributed by atoms with Gasteiger partial charge < -0.3 is 15.0 Å². The third-order valence-electron chi connectivity index (χ3n) is 3.76. The summed E-state index contributed by atoms with van der Waals surface area (Å²) in [6.45, 7) is 10.9. The van der Waals surface area contributed by atoms with Gasteiger partial charge in [0.15, 0.2) is 0 Å². The van der Waals surface area contributed by atoms with E-state index >= 15 is 0 Å². The van der Waals surface area contributed by atoms with Gasteiger partial charge in [-0.2, -0.15) is 0 Å². The summed E-state index contributed by atoms with van der Waals surface area (Å²) >= 11 is 0. The van der Waals surface area contributed by atoms with Crippen LogP contribution < -0.4 is 5.73 Å². The Morgan fingerprint density at radius 1 is 1.29 bits per heavy atom. The van der Waals surface area contributed by atoms with E-state index in [1.165, 1.54) is 18.5 Å². The molecule has 0 aromatic carbocycles. The summed E-state index contributed by atoms with van der Waals surface area (Å²) in [5.41, 5.74) is 10.2. The number of nitrogen functional groups attached to an aromatic ring is 1. The van der Waals surface area contributed by atoms with Gasteiger partial charge in [0.2, 0.25) is 0 Å². The van der Waals surface area contributed by atoms with Crippen molar-refractivity contribution in [3.8, 4) is 0 Å². The van der Waals surface area contributed by atoms with Crippen molar-refractivity contribution in [2.24, 2.45) is 0 Å². The minimum absolute atomic E-state index is 0.0295. The highest BCUT2D eigenvalue weighted by Crippen LogP contribution is 2.27. The number of unbranched alkanes of at least 4 members (excludes halogenated alkanes) is 1. The number of aromatic nitrogens is 2. The van der Waals surface area contributed by atoms with Crippen molar-refractivity contribution in [2.45, 2.75) is 52.5 Å². The Bertz CT molecular complexity index is 607. The van der Waals surface area contributed by atoms with Crippen molar-refractivity contribution in [1.29, 1.82) is 0 Å². The van der Waals surface area contributed by atoms with Crippen molar-refractivity contribution in [1.82, 2.24) is 14.3 Å². The maximum atomic E-state index is 5.96. The molecule has 2 aromatic rings. The van der Waals surface area contributed by atoms with Crippen LogP contribution in [0.5, 0.6) is 0 Å². The van der Waals surface area contributed by atoms with Crippen LogP contribution in [-0.2, 0) is 12.0 Å². The summed E-state index contributed by atoms with van der Waals surface area (Å²) in [7, 11) is 2.17. The Labute approximate surface area is 128 Å². The summed E-state index contributed by atoms with van der Waals surface area (Å²) < 4.78 is 2.15. The summed E-state index contributed by atoms with van der Waals surface area (Å²) in [5, 5.41) is 0. The third kappa shape index (κ3) is 3.56. The quantitative estimate of drug-likeness (QED) is 0.916. The summed E-state index contributed by atoms with van der Waals surface area (Å²) in [6, 6.07) is 3.92. The predicted molar refractivity (Wildman–Crippen MR) is 89.5 cm³/mol. The van der Waals surface area contributed by atoms with Crippen molar-refractivity contribution in [2.75, 3.05) is 19.3 Å². The van der Waals surface area contributed by atoms with Gasteiger partial charge in [0.05, 0.1) is 11.4 Å². The topological polar surface area (TPSA) is 46.6 Å². The monoisotopic (exact) mass is 288 g/mol. The lowest BCUT2D eigenvalue weighted by atomic mass is 9.90. The van der Waals surface area contributed by atoms with Crippen molar-refractivity contribution < 1.29 is 0 Å². The van der Waals surface area contributed by atoms with Crippen LogP contribution in [0.25, 0.3) is 5.65 Å². The Balaban J connectivity index is 2.44. The van der Waals surface area contributed by atoms with Crippen LogP contribution in [0, 0.1) is 0 Å². The fourth-order valence-corrected chi connectivity index (χ4v) is 2.62. The van der Waals surface area contributed by atoms with E-state index in [1.54, 1.807) is 0 Å². The van der Waals surface area contributed by atoms with E-state index in [0.29, 0.717) is 0 Å². The molecule has 0 atom stereocenters. The number of pyridine rings is 1. The molecule has 0 radical (unpaired) electrons. The molecule has 0 bridgehead atoms. The number of nitrogens with zero attached hydrogens (tertiary/aromatic N) is 3. The molecule has 2 heterocycles. The fraction of sp³-hybridized carbons (Fsp3) is 0.588. The lowest BCUT2D eigenvalue weighted by Gasteiger charge is -2.22. The number of hydrogen-bond donors (Lipinski definition) is 1. The largest absolute Gasteiger partial charge is 0.398 e. The Hall–Kier alpha value is -1.55. The van der Waals surface area contributed by atoms with Crippen molar-refractivity contribution >= 4 is 11.3 Å². The molecular weight excluding hydrogens is 260 g/mol. The lowest BCUT2D eigenvalue weighted by molar-refractivity contribution is 0.313. The van der Waals surface area contributed by atoms with E-state index in [1.807, 2.05) is 18.3 Å². The van der Waals surface area contributed by atoms with Gasteiger partial charge in [-0.05, 0) is 32.1 Å². The number of anilines is 1. The molecule has 0 unspecified atom stereocenters. The number of hydrogen-bond acceptors (Lipinski definition) is 3. The SMILES string of the molecule is CCCCN(C)Cc1c(C(C)(C)C)nc2ccc(N)cn12. The summed E-state index contributed by atoms with van der Waals surface area (Å²) in [6.07, 6.45) is 4.43. The first-order chi connectivity index (χ1) is 9.82. The van der Waals surface area contributed by atoms with Crippen molar-refractivity contribution in [3.63, 3.8) is 0 Å². The highest BCUT2D eigenvalue weighted by molar-refractivity contribution is 5.51. The van der Waals surface area contributed by atoms with Gasteiger partial charge in [0.25, 0.3) is 0 Å². The van der Waals surface area contributed by atoms with Crippen LogP contribution in [0.15, 0.2) is 18.3 Å². The van der Waals surface area contributed by atoms with Crippen LogP contribution in [0.1, 0.15) is 51.9 Å². The Kier molecular flexibility index (Phi) is 4.57. The second kappa shape index (κ2) is 6.06. The first-order valence-corrected chi connectivity index (χ1v) is 7.78. The minimum atomic E-state index is 0.0295. The van der Waals surface area contributed by atoms with E-state index in [0.717, 1.165) is 30.1 Å². The second-order valence-electron chi connectivity index (χ2n) is 6.94. The Morgan fingerprint density at radius 2 is 2.00 bits per heavy atom. The zero-order valence-electron chi connectivity index (χ0n) is 14.0. The average molecular weight is 288 g/mol. The molecule has 4 heteroatoms. The van der Waals surface area contributed by atoms with Gasteiger partial charge in [0, 0.05) is 23.8 Å². The molecular formula is C17H28N4. The maximum absolute atomic E-state index is 5.96. The highest BCUT2D eigenvalue weighted by Gasteiger charge is 2.24. The van der Waals surface area contributed by atoms with Crippen LogP contribution in [0.4, 0.5) is 5.69 Å². The maximum Gasteiger partial charge on any atom is 0.137 e. The normalized spacial score (nSPS) is 12.5. The lowest BCUT2D eigenvalue weighted by Crippen LogP contribution is -2.23. The number of imidazole rings is 1. The number of fused-ring (bicyclic) bond motifs is 1. The molecule has 2 N–H and O–H groups in total. The van der Waals surface area contributed by atoms with Gasteiger partial charge in [-0.15, -0.1) is 0 Å². The molecule has 0 saturated heterocycles. The fourth-order valence-electron chi connectivity index (χ4n) is 2.62. The summed E-state index contributed by atoms with van der Waals surface area (Å²) in [5.74, 6) is 0. The molecule has 21 heavy (non-hydrogen) atoms. The number of rotatable bonds is 5. The number of nitrogens with two attached hydrogens (primary N) is 1. The van der Waals surface area contributed by atoms with Crippen LogP contribution in [0.2, 0.25) is 0 Å². The minimum Gasteiger partial charge on any atom is -0.398 e. The summed E-state index contributed by atoms with van der Waals surface area (Å²) in [4.78, 5) is 7.21. The standard InChI is InChI=1S/C17H28N4/c1-6-7-10-20(5)12-14-16(17(2,3)4)19-15-9-8-13(18)11-21(14)15/h8-9,11H,6-7,10,12,18H2,1-5H3. The molecule has 0 fully saturated rings. The van der Waals surface area contributed by atoms with Gasteiger partial charge in [-0.3, -0.25) is 0 Å². The first kappa shape index (κ1) is 15.8. The molecule has 2 aromatic heterocycles. The molecule has 0 aliphatic heterocycles. The van der Waals surface area contributed by atoms with Gasteiger partial charge in [-0.1, -0.05) is 34.1 Å². The van der Waals surface area contributed by atoms with Crippen LogP contribution >= 0.6 is 0 Å². The zero-order chi connectivity index (χ0) is 15.6. The Morgan fingerprint density at radius 3 is 2.62 bits per heavy atom. The molecule has 0 aliphatic rings. The molecule has 0 spiro atoms. The smallest absolute Gasteiger partial charge is 0.137 e. The predicted octanol–water partition coefficient (Wildman–Crippen LogP) is 3.45. The van der Waals surface area contributed by atoms with Gasteiger partial charge in [0.1, 0.15) is 5.65 Å². The van der Waals surface area contributed by atoms with Gasteiger partial charge in [-0.25, -0.2) is 4.98 Å². The average Bonchev–Trinajstić information content (AvgIpc) is 2.74. The third-order valence-corrected chi connectivity index (χ3v) is 3.76. The van der Waals surface area contributed by atoms with Crippen LogP contribution in [-0.4, -0.2) is 27.9 Å². The van der Waals surface area contributed by atoms with E-state index in [-0.39, 0.29) is 5.41 Å². The van der Waals surface area contributed by atoms with Crippen LogP contribution in [0.3, 0.4) is 0 Å². The molecule has 116 valence electrons. The molecule has 2 rings (SSSR count). The second-order valence-corrected chi connectivity index (χ2v) is 6.94. The van der Waals surface area contributed by atoms with Gasteiger partial charge >= 0.3 is 0 Å². The van der Waals surface area contributed by atoms with E-state index in [4.69, 9.17) is 10.7 Å². The molecule has 0 aliphatic carbocycles. The molecule has 0 amide bonds. The van der Waals surface area contributed by atoms with E-state index in [9.17, 15) is 0 Å². The first-order valence-electron chi connectivity index (χ1n) is 7.78.